The standard InChI is InChI=1S/C19H23N5O3/c25-18(24-7-9-27-10-8-24)13-11-16-15(20-12-13)5-6-17(22-16)23-19(26)21-14-3-1-2-4-14/h5-6,11-12,14H,1-4,7-10H2,(H2,21,22,23,26). The lowest BCUT2D eigenvalue weighted by Gasteiger charge is -2.26. The Bertz CT molecular complexity index is 844. The lowest BCUT2D eigenvalue weighted by Crippen LogP contribution is -2.40. The van der Waals surface area contributed by atoms with Crippen molar-refractivity contribution < 1.29 is 14.3 Å². The lowest BCUT2D eigenvalue weighted by molar-refractivity contribution is 0.0302. The van der Waals surface area contributed by atoms with Crippen molar-refractivity contribution in [2.24, 2.45) is 0 Å². The molecule has 27 heavy (non-hydrogen) atoms. The molecule has 8 heteroatoms. The van der Waals surface area contributed by atoms with Crippen LogP contribution in [-0.2, 0) is 4.74 Å². The number of aromatic nitrogens is 2. The summed E-state index contributed by atoms with van der Waals surface area (Å²) in [6, 6.07) is 5.22. The van der Waals surface area contributed by atoms with E-state index in [1.165, 1.54) is 0 Å². The molecular weight excluding hydrogens is 346 g/mol. The zero-order valence-corrected chi connectivity index (χ0v) is 15.1. The van der Waals surface area contributed by atoms with Crippen LogP contribution >= 0.6 is 0 Å². The molecule has 0 unspecified atom stereocenters. The maximum Gasteiger partial charge on any atom is 0.320 e. The summed E-state index contributed by atoms with van der Waals surface area (Å²) in [5.74, 6) is 0.364. The van der Waals surface area contributed by atoms with E-state index in [9.17, 15) is 9.59 Å². The van der Waals surface area contributed by atoms with Crippen LogP contribution in [-0.4, -0.2) is 59.2 Å². The van der Waals surface area contributed by atoms with Crippen molar-refractivity contribution in [1.82, 2.24) is 20.2 Å². The van der Waals surface area contributed by atoms with Gasteiger partial charge in [0.25, 0.3) is 5.91 Å². The van der Waals surface area contributed by atoms with Crippen LogP contribution in [0.2, 0.25) is 0 Å². The highest BCUT2D eigenvalue weighted by atomic mass is 16.5. The van der Waals surface area contributed by atoms with Gasteiger partial charge in [0.2, 0.25) is 0 Å². The maximum absolute atomic E-state index is 12.6. The number of fused-ring (bicyclic) bond motifs is 1. The van der Waals surface area contributed by atoms with Gasteiger partial charge in [-0.15, -0.1) is 0 Å². The number of pyridine rings is 2. The first kappa shape index (κ1) is 17.7. The Hall–Kier alpha value is -2.74. The van der Waals surface area contributed by atoms with E-state index in [1.807, 2.05) is 0 Å². The third-order valence-electron chi connectivity index (χ3n) is 5.01. The fourth-order valence-corrected chi connectivity index (χ4v) is 3.55. The van der Waals surface area contributed by atoms with Gasteiger partial charge in [0, 0.05) is 25.3 Å². The summed E-state index contributed by atoms with van der Waals surface area (Å²) in [5, 5.41) is 5.74. The van der Waals surface area contributed by atoms with Crippen LogP contribution in [0, 0.1) is 0 Å². The van der Waals surface area contributed by atoms with Gasteiger partial charge in [0.15, 0.2) is 0 Å². The summed E-state index contributed by atoms with van der Waals surface area (Å²) in [7, 11) is 0. The molecule has 2 aliphatic rings. The van der Waals surface area contributed by atoms with Gasteiger partial charge in [0.05, 0.1) is 29.8 Å². The van der Waals surface area contributed by atoms with Crippen LogP contribution in [0.5, 0.6) is 0 Å². The monoisotopic (exact) mass is 369 g/mol. The normalized spacial score (nSPS) is 17.9. The van der Waals surface area contributed by atoms with Crippen LogP contribution in [0.1, 0.15) is 36.0 Å². The van der Waals surface area contributed by atoms with Crippen molar-refractivity contribution in [3.05, 3.63) is 30.0 Å². The third kappa shape index (κ3) is 4.16. The predicted octanol–water partition coefficient (Wildman–Crippen LogP) is 2.17. The summed E-state index contributed by atoms with van der Waals surface area (Å²) >= 11 is 0. The molecule has 142 valence electrons. The fraction of sp³-hybridized carbons (Fsp3) is 0.474. The smallest absolute Gasteiger partial charge is 0.320 e. The number of nitrogens with zero attached hydrogens (tertiary/aromatic N) is 3. The first-order chi connectivity index (χ1) is 13.2. The number of nitrogens with one attached hydrogen (secondary N) is 2. The number of hydrogen-bond donors (Lipinski definition) is 2. The van der Waals surface area contributed by atoms with Gasteiger partial charge in [-0.1, -0.05) is 12.8 Å². The van der Waals surface area contributed by atoms with Crippen LogP contribution in [0.3, 0.4) is 0 Å². The molecule has 3 heterocycles. The van der Waals surface area contributed by atoms with E-state index >= 15 is 0 Å². The minimum absolute atomic E-state index is 0.0770. The molecule has 8 nitrogen and oxygen atoms in total. The Balaban J connectivity index is 1.48. The Kier molecular flexibility index (Phi) is 5.15. The van der Waals surface area contributed by atoms with Crippen molar-refractivity contribution in [1.29, 1.82) is 0 Å². The SMILES string of the molecule is O=C(Nc1ccc2ncc(C(=O)N3CCOCC3)cc2n1)NC1CCCC1. The molecule has 0 bridgehead atoms. The molecular formula is C19H23N5O3. The van der Waals surface area contributed by atoms with E-state index in [1.54, 1.807) is 29.3 Å². The molecule has 1 aliphatic carbocycles. The summed E-state index contributed by atoms with van der Waals surface area (Å²) in [5.41, 5.74) is 1.74. The molecule has 2 aromatic rings. The quantitative estimate of drug-likeness (QED) is 0.864. The molecule has 2 fully saturated rings. The van der Waals surface area contributed by atoms with Gasteiger partial charge < -0.3 is 15.0 Å². The Morgan fingerprint density at radius 2 is 1.89 bits per heavy atom. The number of hydrogen-bond acceptors (Lipinski definition) is 5. The Labute approximate surface area is 157 Å². The van der Waals surface area contributed by atoms with Crippen LogP contribution in [0.25, 0.3) is 11.0 Å². The molecule has 0 aromatic carbocycles. The zero-order chi connectivity index (χ0) is 18.6. The van der Waals surface area contributed by atoms with Gasteiger partial charge in [-0.25, -0.2) is 9.78 Å². The van der Waals surface area contributed by atoms with Crippen molar-refractivity contribution >= 4 is 28.8 Å². The second-order valence-corrected chi connectivity index (χ2v) is 6.94. The molecule has 0 radical (unpaired) electrons. The zero-order valence-electron chi connectivity index (χ0n) is 15.1. The minimum atomic E-state index is -0.248. The van der Waals surface area contributed by atoms with E-state index in [4.69, 9.17) is 4.74 Å². The number of amides is 3. The van der Waals surface area contributed by atoms with Crippen LogP contribution in [0.4, 0.5) is 10.6 Å². The van der Waals surface area contributed by atoms with Crippen molar-refractivity contribution in [3.8, 4) is 0 Å². The van der Waals surface area contributed by atoms with E-state index < -0.39 is 0 Å². The molecule has 1 saturated carbocycles. The first-order valence-corrected chi connectivity index (χ1v) is 9.40. The number of rotatable bonds is 3. The topological polar surface area (TPSA) is 96.5 Å². The summed E-state index contributed by atoms with van der Waals surface area (Å²) in [6.07, 6.45) is 5.93. The summed E-state index contributed by atoms with van der Waals surface area (Å²) in [4.78, 5) is 35.3. The number of carbonyl (C=O) groups is 2. The highest BCUT2D eigenvalue weighted by Gasteiger charge is 2.20. The van der Waals surface area contributed by atoms with Gasteiger partial charge in [-0.05, 0) is 31.0 Å². The number of anilines is 1. The third-order valence-corrected chi connectivity index (χ3v) is 5.01. The van der Waals surface area contributed by atoms with Gasteiger partial charge in [0.1, 0.15) is 5.82 Å². The van der Waals surface area contributed by atoms with E-state index in [0.717, 1.165) is 25.7 Å². The largest absolute Gasteiger partial charge is 0.378 e. The van der Waals surface area contributed by atoms with Crippen molar-refractivity contribution in [2.75, 3.05) is 31.6 Å². The van der Waals surface area contributed by atoms with E-state index in [2.05, 4.69) is 20.6 Å². The molecule has 2 N–H and O–H groups in total. The average Bonchev–Trinajstić information content (AvgIpc) is 3.20. The van der Waals surface area contributed by atoms with E-state index in [-0.39, 0.29) is 18.0 Å². The molecule has 4 rings (SSSR count). The molecule has 2 aromatic heterocycles. The lowest BCUT2D eigenvalue weighted by atomic mass is 10.2. The predicted molar refractivity (Wildman–Crippen MR) is 101 cm³/mol. The van der Waals surface area contributed by atoms with Gasteiger partial charge in [-0.2, -0.15) is 0 Å². The second-order valence-electron chi connectivity index (χ2n) is 6.94. The van der Waals surface area contributed by atoms with Crippen molar-refractivity contribution in [3.63, 3.8) is 0 Å². The van der Waals surface area contributed by atoms with Gasteiger partial charge >= 0.3 is 6.03 Å². The molecule has 0 spiro atoms. The highest BCUT2D eigenvalue weighted by Crippen LogP contribution is 2.19. The number of morpholine rings is 1. The average molecular weight is 369 g/mol. The molecule has 1 aliphatic heterocycles. The maximum atomic E-state index is 12.6. The summed E-state index contributed by atoms with van der Waals surface area (Å²) < 4.78 is 5.29. The van der Waals surface area contributed by atoms with E-state index in [0.29, 0.717) is 48.7 Å². The molecule has 1 saturated heterocycles. The number of urea groups is 1. The van der Waals surface area contributed by atoms with Crippen LogP contribution < -0.4 is 10.6 Å². The Morgan fingerprint density at radius 1 is 1.11 bits per heavy atom. The van der Waals surface area contributed by atoms with Crippen molar-refractivity contribution in [2.45, 2.75) is 31.7 Å². The summed E-state index contributed by atoms with van der Waals surface area (Å²) in [6.45, 7) is 2.25. The van der Waals surface area contributed by atoms with Crippen LogP contribution in [0.15, 0.2) is 24.4 Å². The Morgan fingerprint density at radius 3 is 2.67 bits per heavy atom. The first-order valence-electron chi connectivity index (χ1n) is 9.40. The highest BCUT2D eigenvalue weighted by molar-refractivity contribution is 5.97. The molecule has 0 atom stereocenters. The number of ether oxygens (including phenoxy) is 1. The number of carbonyl (C=O) groups excluding carboxylic acids is 2. The minimum Gasteiger partial charge on any atom is -0.378 e. The second kappa shape index (κ2) is 7.87. The van der Waals surface area contributed by atoms with Gasteiger partial charge in [-0.3, -0.25) is 15.1 Å². The molecule has 3 amide bonds. The fourth-order valence-electron chi connectivity index (χ4n) is 3.55.